The lowest BCUT2D eigenvalue weighted by Crippen LogP contribution is -2.19. The van der Waals surface area contributed by atoms with Gasteiger partial charge >= 0.3 is 0 Å². The number of pyridine rings is 1. The van der Waals surface area contributed by atoms with Gasteiger partial charge in [-0.15, -0.1) is 0 Å². The molecule has 0 radical (unpaired) electrons. The molecule has 1 atom stereocenters. The fourth-order valence-corrected chi connectivity index (χ4v) is 2.21. The van der Waals surface area contributed by atoms with Gasteiger partial charge in [0, 0.05) is 11.8 Å². The Bertz CT molecular complexity index is 560. The summed E-state index contributed by atoms with van der Waals surface area (Å²) >= 11 is 3.13. The van der Waals surface area contributed by atoms with Crippen molar-refractivity contribution in [3.05, 3.63) is 63.9 Å². The number of aromatic nitrogens is 1. The van der Waals surface area contributed by atoms with E-state index in [0.717, 1.165) is 11.8 Å². The second-order valence-electron chi connectivity index (χ2n) is 3.79. The van der Waals surface area contributed by atoms with Crippen molar-refractivity contribution in [3.8, 4) is 0 Å². The number of hydrogen-bond donors (Lipinski definition) is 1. The fraction of sp³-hybridized carbons (Fsp3) is 0.154. The van der Waals surface area contributed by atoms with Crippen molar-refractivity contribution >= 4 is 15.9 Å². The fourth-order valence-electron chi connectivity index (χ4n) is 1.81. The van der Waals surface area contributed by atoms with Crippen LogP contribution in [0.3, 0.4) is 0 Å². The van der Waals surface area contributed by atoms with E-state index >= 15 is 0 Å². The summed E-state index contributed by atoms with van der Waals surface area (Å²) < 4.78 is 27.3. The minimum Gasteiger partial charge on any atom is -0.309 e. The van der Waals surface area contributed by atoms with Gasteiger partial charge in [-0.2, -0.15) is 0 Å². The highest BCUT2D eigenvalue weighted by molar-refractivity contribution is 9.10. The molecule has 5 heteroatoms. The van der Waals surface area contributed by atoms with Crippen LogP contribution in [-0.2, 0) is 0 Å². The Kier molecular flexibility index (Phi) is 4.04. The van der Waals surface area contributed by atoms with E-state index in [1.54, 1.807) is 25.2 Å². The van der Waals surface area contributed by atoms with E-state index in [-0.39, 0.29) is 11.9 Å². The van der Waals surface area contributed by atoms with E-state index < -0.39 is 5.82 Å². The van der Waals surface area contributed by atoms with E-state index in [0.29, 0.717) is 10.0 Å². The maximum Gasteiger partial charge on any atom is 0.146 e. The minimum absolute atomic E-state index is 0.343. The summed E-state index contributed by atoms with van der Waals surface area (Å²) in [6.07, 6.45) is 2.69. The van der Waals surface area contributed by atoms with Gasteiger partial charge in [-0.05, 0) is 46.7 Å². The molecule has 0 spiro atoms. The Morgan fingerprint density at radius 2 is 2.00 bits per heavy atom. The van der Waals surface area contributed by atoms with Crippen LogP contribution in [0.4, 0.5) is 8.78 Å². The van der Waals surface area contributed by atoms with Gasteiger partial charge in [0.1, 0.15) is 11.6 Å². The number of nitrogens with zero attached hydrogens (tertiary/aromatic N) is 1. The molecule has 94 valence electrons. The van der Waals surface area contributed by atoms with Gasteiger partial charge in [-0.3, -0.25) is 4.98 Å². The topological polar surface area (TPSA) is 24.9 Å². The highest BCUT2D eigenvalue weighted by atomic mass is 79.9. The molecule has 2 rings (SSSR count). The first-order valence-electron chi connectivity index (χ1n) is 5.35. The SMILES string of the molecule is CNC(c1ccc(F)c(Br)c1)c1ccncc1F. The molecule has 1 heterocycles. The zero-order valence-corrected chi connectivity index (χ0v) is 11.2. The van der Waals surface area contributed by atoms with Crippen molar-refractivity contribution in [2.45, 2.75) is 6.04 Å². The van der Waals surface area contributed by atoms with Crippen LogP contribution in [0.15, 0.2) is 41.1 Å². The molecular weight excluding hydrogens is 302 g/mol. The van der Waals surface area contributed by atoms with Crippen molar-refractivity contribution < 1.29 is 8.78 Å². The number of hydrogen-bond acceptors (Lipinski definition) is 2. The monoisotopic (exact) mass is 312 g/mol. The molecule has 0 aliphatic carbocycles. The molecule has 0 aliphatic heterocycles. The minimum atomic E-state index is -0.391. The second-order valence-corrected chi connectivity index (χ2v) is 4.65. The molecule has 0 saturated heterocycles. The third-order valence-electron chi connectivity index (χ3n) is 2.68. The molecule has 0 saturated carbocycles. The lowest BCUT2D eigenvalue weighted by atomic mass is 9.99. The first-order valence-corrected chi connectivity index (χ1v) is 6.14. The molecule has 1 aromatic carbocycles. The molecule has 0 amide bonds. The van der Waals surface area contributed by atoms with Gasteiger partial charge in [-0.25, -0.2) is 8.78 Å². The van der Waals surface area contributed by atoms with Gasteiger partial charge in [0.25, 0.3) is 0 Å². The Labute approximate surface area is 112 Å². The predicted molar refractivity (Wildman–Crippen MR) is 69.2 cm³/mol. The van der Waals surface area contributed by atoms with Crippen molar-refractivity contribution in [3.63, 3.8) is 0 Å². The molecule has 1 unspecified atom stereocenters. The van der Waals surface area contributed by atoms with Crippen LogP contribution in [0.1, 0.15) is 17.2 Å². The quantitative estimate of drug-likeness (QED) is 0.939. The Morgan fingerprint density at radius 3 is 2.61 bits per heavy atom. The van der Waals surface area contributed by atoms with Crippen LogP contribution in [0.5, 0.6) is 0 Å². The molecule has 1 aromatic heterocycles. The summed E-state index contributed by atoms with van der Waals surface area (Å²) in [5.74, 6) is -0.735. The van der Waals surface area contributed by atoms with Crippen molar-refractivity contribution in [2.24, 2.45) is 0 Å². The van der Waals surface area contributed by atoms with E-state index in [1.165, 1.54) is 12.3 Å². The van der Waals surface area contributed by atoms with Crippen LogP contribution in [0, 0.1) is 11.6 Å². The highest BCUT2D eigenvalue weighted by Crippen LogP contribution is 2.27. The maximum atomic E-state index is 13.7. The highest BCUT2D eigenvalue weighted by Gasteiger charge is 2.17. The van der Waals surface area contributed by atoms with E-state index in [2.05, 4.69) is 26.2 Å². The molecule has 0 bridgehead atoms. The molecule has 1 N–H and O–H groups in total. The summed E-state index contributed by atoms with van der Waals surface area (Å²) in [6.45, 7) is 0. The number of benzene rings is 1. The molecule has 0 aliphatic rings. The number of nitrogens with one attached hydrogen (secondary N) is 1. The summed E-state index contributed by atoms with van der Waals surface area (Å²) in [7, 11) is 1.72. The third-order valence-corrected chi connectivity index (χ3v) is 3.29. The average Bonchev–Trinajstić information content (AvgIpc) is 2.37. The van der Waals surface area contributed by atoms with E-state index in [9.17, 15) is 8.78 Å². The average molecular weight is 313 g/mol. The van der Waals surface area contributed by atoms with E-state index in [1.807, 2.05) is 0 Å². The zero-order valence-electron chi connectivity index (χ0n) is 9.62. The molecule has 18 heavy (non-hydrogen) atoms. The lowest BCUT2D eigenvalue weighted by molar-refractivity contribution is 0.569. The first kappa shape index (κ1) is 13.1. The Balaban J connectivity index is 2.45. The van der Waals surface area contributed by atoms with Gasteiger partial charge in [0.2, 0.25) is 0 Å². The molecule has 0 fully saturated rings. The summed E-state index contributed by atoms with van der Waals surface area (Å²) in [6, 6.07) is 5.87. The second kappa shape index (κ2) is 5.54. The number of halogens is 3. The zero-order chi connectivity index (χ0) is 13.1. The lowest BCUT2D eigenvalue weighted by Gasteiger charge is -2.18. The van der Waals surface area contributed by atoms with Crippen molar-refractivity contribution in [2.75, 3.05) is 7.05 Å². The summed E-state index contributed by atoms with van der Waals surface area (Å²) in [4.78, 5) is 3.71. The standard InChI is InChI=1S/C13H11BrF2N2/c1-17-13(9-4-5-18-7-12(9)16)8-2-3-11(15)10(14)6-8/h2-7,13,17H,1H3. The smallest absolute Gasteiger partial charge is 0.146 e. The maximum absolute atomic E-state index is 13.7. The molecule has 2 aromatic rings. The van der Waals surface area contributed by atoms with Crippen LogP contribution >= 0.6 is 15.9 Å². The van der Waals surface area contributed by atoms with Crippen molar-refractivity contribution in [1.29, 1.82) is 0 Å². The largest absolute Gasteiger partial charge is 0.309 e. The van der Waals surface area contributed by atoms with Gasteiger partial charge in [-0.1, -0.05) is 6.07 Å². The summed E-state index contributed by atoms with van der Waals surface area (Å²) in [5, 5.41) is 3.01. The van der Waals surface area contributed by atoms with Gasteiger partial charge < -0.3 is 5.32 Å². The Morgan fingerprint density at radius 1 is 1.22 bits per heavy atom. The number of rotatable bonds is 3. The molecule has 2 nitrogen and oxygen atoms in total. The van der Waals surface area contributed by atoms with E-state index in [4.69, 9.17) is 0 Å². The predicted octanol–water partition coefficient (Wildman–Crippen LogP) is 3.43. The van der Waals surface area contributed by atoms with Crippen molar-refractivity contribution in [1.82, 2.24) is 10.3 Å². The van der Waals surface area contributed by atoms with Crippen LogP contribution in [0.25, 0.3) is 0 Å². The Hall–Kier alpha value is -1.33. The molecular formula is C13H11BrF2N2. The third kappa shape index (κ3) is 2.57. The van der Waals surface area contributed by atoms with Gasteiger partial charge in [0.15, 0.2) is 0 Å². The van der Waals surface area contributed by atoms with Crippen LogP contribution in [-0.4, -0.2) is 12.0 Å². The normalized spacial score (nSPS) is 12.4. The van der Waals surface area contributed by atoms with Crippen LogP contribution in [0.2, 0.25) is 0 Å². The van der Waals surface area contributed by atoms with Gasteiger partial charge in [0.05, 0.1) is 16.7 Å². The first-order chi connectivity index (χ1) is 8.63. The van der Waals surface area contributed by atoms with Crippen LogP contribution < -0.4 is 5.32 Å². The summed E-state index contributed by atoms with van der Waals surface area (Å²) in [5.41, 5.74) is 1.25.